The van der Waals surface area contributed by atoms with Crippen LogP contribution in [0.25, 0.3) is 10.9 Å². The fourth-order valence-electron chi connectivity index (χ4n) is 3.15. The molecule has 0 atom stereocenters. The van der Waals surface area contributed by atoms with Crippen LogP contribution in [-0.2, 0) is 4.79 Å². The molecule has 0 aliphatic rings. The van der Waals surface area contributed by atoms with E-state index in [9.17, 15) is 4.79 Å². The van der Waals surface area contributed by atoms with E-state index in [0.717, 1.165) is 35.1 Å². The number of rotatable bonds is 11. The van der Waals surface area contributed by atoms with Gasteiger partial charge in [-0.2, -0.15) is 0 Å². The summed E-state index contributed by atoms with van der Waals surface area (Å²) in [4.78, 5) is 16.8. The summed E-state index contributed by atoms with van der Waals surface area (Å²) in [7, 11) is 0. The Bertz CT molecular complexity index is 666. The van der Waals surface area contributed by atoms with Crippen LogP contribution in [0, 0.1) is 6.92 Å². The molecule has 3 nitrogen and oxygen atoms in total. The third kappa shape index (κ3) is 6.85. The Balaban J connectivity index is 1.68. The highest BCUT2D eigenvalue weighted by molar-refractivity contribution is 6.00. The largest absolute Gasteiger partial charge is 0.324 e. The maximum atomic E-state index is 12.2. The summed E-state index contributed by atoms with van der Waals surface area (Å²) < 4.78 is 0. The van der Waals surface area contributed by atoms with Crippen molar-refractivity contribution in [2.45, 2.75) is 78.1 Å². The van der Waals surface area contributed by atoms with Crippen molar-refractivity contribution in [2.75, 3.05) is 5.32 Å². The number of aromatic nitrogens is 1. The number of amides is 1. The van der Waals surface area contributed by atoms with Gasteiger partial charge >= 0.3 is 0 Å². The monoisotopic (exact) mass is 340 g/mol. The Hall–Kier alpha value is -1.90. The molecule has 0 bridgehead atoms. The number of anilines is 1. The summed E-state index contributed by atoms with van der Waals surface area (Å²) in [5.41, 5.74) is 2.66. The molecule has 0 unspecified atom stereocenters. The Kier molecular flexibility index (Phi) is 8.44. The highest BCUT2D eigenvalue weighted by atomic mass is 16.1. The lowest BCUT2D eigenvalue weighted by molar-refractivity contribution is -0.116. The van der Waals surface area contributed by atoms with Crippen molar-refractivity contribution in [3.05, 3.63) is 36.0 Å². The zero-order chi connectivity index (χ0) is 17.9. The lowest BCUT2D eigenvalue weighted by Gasteiger charge is -2.09. The smallest absolute Gasteiger partial charge is 0.224 e. The summed E-state index contributed by atoms with van der Waals surface area (Å²) in [5, 5.41) is 4.10. The van der Waals surface area contributed by atoms with Crippen LogP contribution in [0.5, 0.6) is 0 Å². The van der Waals surface area contributed by atoms with Gasteiger partial charge in [-0.3, -0.25) is 9.78 Å². The standard InChI is InChI=1S/C22H32N2O/c1-3-4-5-6-7-8-9-10-11-15-21(25)24-20-14-12-13-19-17-16-18(2)23-22(19)20/h12-14,16-17H,3-11,15H2,1-2H3,(H,24,25). The number of benzene rings is 1. The van der Waals surface area contributed by atoms with Crippen LogP contribution in [0.1, 0.15) is 76.8 Å². The average molecular weight is 341 g/mol. The van der Waals surface area contributed by atoms with E-state index in [-0.39, 0.29) is 5.91 Å². The first kappa shape index (κ1) is 19.4. The van der Waals surface area contributed by atoms with Gasteiger partial charge in [0.25, 0.3) is 0 Å². The van der Waals surface area contributed by atoms with Crippen LogP contribution in [0.3, 0.4) is 0 Å². The number of nitrogens with one attached hydrogen (secondary N) is 1. The van der Waals surface area contributed by atoms with Gasteiger partial charge in [0, 0.05) is 17.5 Å². The van der Waals surface area contributed by atoms with Gasteiger partial charge in [-0.25, -0.2) is 0 Å². The summed E-state index contributed by atoms with van der Waals surface area (Å²) in [6, 6.07) is 9.97. The first-order valence-corrected chi connectivity index (χ1v) is 9.87. The number of carbonyl (C=O) groups is 1. The second kappa shape index (κ2) is 10.9. The minimum absolute atomic E-state index is 0.0961. The molecule has 2 rings (SSSR count). The molecular formula is C22H32N2O. The molecule has 0 saturated heterocycles. The number of pyridine rings is 1. The fraction of sp³-hybridized carbons (Fsp3) is 0.545. The van der Waals surface area contributed by atoms with Gasteiger partial charge in [0.1, 0.15) is 0 Å². The predicted octanol–water partition coefficient (Wildman–Crippen LogP) is 6.40. The second-order valence-corrected chi connectivity index (χ2v) is 6.96. The number of aryl methyl sites for hydroxylation is 1. The second-order valence-electron chi connectivity index (χ2n) is 6.96. The zero-order valence-electron chi connectivity index (χ0n) is 15.8. The number of hydrogen-bond acceptors (Lipinski definition) is 2. The van der Waals surface area contributed by atoms with Crippen molar-refractivity contribution >= 4 is 22.5 Å². The summed E-state index contributed by atoms with van der Waals surface area (Å²) >= 11 is 0. The molecule has 0 aliphatic carbocycles. The van der Waals surface area contributed by atoms with Crippen molar-refractivity contribution in [1.82, 2.24) is 4.98 Å². The van der Waals surface area contributed by atoms with Crippen LogP contribution in [0.15, 0.2) is 30.3 Å². The number of carbonyl (C=O) groups excluding carboxylic acids is 1. The van der Waals surface area contributed by atoms with Crippen molar-refractivity contribution < 1.29 is 4.79 Å². The van der Waals surface area contributed by atoms with Gasteiger partial charge in [0.15, 0.2) is 0 Å². The lowest BCUT2D eigenvalue weighted by atomic mass is 10.1. The van der Waals surface area contributed by atoms with Crippen LogP contribution >= 0.6 is 0 Å². The maximum Gasteiger partial charge on any atom is 0.224 e. The van der Waals surface area contributed by atoms with Crippen LogP contribution in [-0.4, -0.2) is 10.9 Å². The molecule has 0 fully saturated rings. The van der Waals surface area contributed by atoms with Crippen LogP contribution in [0.2, 0.25) is 0 Å². The predicted molar refractivity (Wildman–Crippen MR) is 107 cm³/mol. The van der Waals surface area contributed by atoms with Crippen LogP contribution < -0.4 is 5.32 Å². The Morgan fingerprint density at radius 3 is 2.32 bits per heavy atom. The minimum Gasteiger partial charge on any atom is -0.324 e. The highest BCUT2D eigenvalue weighted by Crippen LogP contribution is 2.22. The molecule has 0 aliphatic heterocycles. The van der Waals surface area contributed by atoms with E-state index in [1.807, 2.05) is 37.3 Å². The van der Waals surface area contributed by atoms with Gasteiger partial charge in [0.05, 0.1) is 11.2 Å². The number of hydrogen-bond donors (Lipinski definition) is 1. The maximum absolute atomic E-state index is 12.2. The molecule has 0 radical (unpaired) electrons. The Labute approximate surface area is 152 Å². The highest BCUT2D eigenvalue weighted by Gasteiger charge is 2.07. The van der Waals surface area contributed by atoms with Gasteiger partial charge in [-0.15, -0.1) is 0 Å². The van der Waals surface area contributed by atoms with Gasteiger partial charge < -0.3 is 5.32 Å². The van der Waals surface area contributed by atoms with E-state index in [2.05, 4.69) is 17.2 Å². The van der Waals surface area contributed by atoms with E-state index in [1.54, 1.807) is 0 Å². The molecule has 1 aromatic carbocycles. The van der Waals surface area contributed by atoms with Gasteiger partial charge in [-0.1, -0.05) is 76.5 Å². The van der Waals surface area contributed by atoms with Crippen molar-refractivity contribution in [1.29, 1.82) is 0 Å². The van der Waals surface area contributed by atoms with E-state index >= 15 is 0 Å². The molecule has 136 valence electrons. The quantitative estimate of drug-likeness (QED) is 0.481. The van der Waals surface area contributed by atoms with E-state index in [4.69, 9.17) is 0 Å². The number of fused-ring (bicyclic) bond motifs is 1. The molecule has 1 amide bonds. The first-order chi connectivity index (χ1) is 12.2. The van der Waals surface area contributed by atoms with Gasteiger partial charge in [0.2, 0.25) is 5.91 Å². The van der Waals surface area contributed by atoms with Crippen LogP contribution in [0.4, 0.5) is 5.69 Å². The zero-order valence-corrected chi connectivity index (χ0v) is 15.8. The fourth-order valence-corrected chi connectivity index (χ4v) is 3.15. The molecule has 25 heavy (non-hydrogen) atoms. The molecule has 0 saturated carbocycles. The lowest BCUT2D eigenvalue weighted by Crippen LogP contribution is -2.11. The first-order valence-electron chi connectivity index (χ1n) is 9.87. The van der Waals surface area contributed by atoms with E-state index in [1.165, 1.54) is 44.9 Å². The van der Waals surface area contributed by atoms with Gasteiger partial charge in [-0.05, 0) is 25.5 Å². The van der Waals surface area contributed by atoms with E-state index in [0.29, 0.717) is 6.42 Å². The summed E-state index contributed by atoms with van der Waals surface area (Å²) in [6.45, 7) is 4.22. The number of nitrogens with zero attached hydrogens (tertiary/aromatic N) is 1. The van der Waals surface area contributed by atoms with Crippen molar-refractivity contribution in [3.63, 3.8) is 0 Å². The summed E-state index contributed by atoms with van der Waals surface area (Å²) in [5.74, 6) is 0.0961. The molecule has 0 spiro atoms. The molecule has 1 aromatic heterocycles. The molecule has 1 heterocycles. The normalized spacial score (nSPS) is 11.0. The molecule has 2 aromatic rings. The Morgan fingerprint density at radius 2 is 1.60 bits per heavy atom. The minimum atomic E-state index is 0.0961. The topological polar surface area (TPSA) is 42.0 Å². The molecular weight excluding hydrogens is 308 g/mol. The summed E-state index contributed by atoms with van der Waals surface area (Å²) in [6.07, 6.45) is 12.0. The SMILES string of the molecule is CCCCCCCCCCCC(=O)Nc1cccc2ccc(C)nc12. The average Bonchev–Trinajstić information content (AvgIpc) is 2.61. The third-order valence-corrected chi connectivity index (χ3v) is 4.64. The number of para-hydroxylation sites is 1. The van der Waals surface area contributed by atoms with Crippen molar-refractivity contribution in [3.8, 4) is 0 Å². The molecule has 3 heteroatoms. The van der Waals surface area contributed by atoms with Crippen molar-refractivity contribution in [2.24, 2.45) is 0 Å². The number of unbranched alkanes of at least 4 members (excludes halogenated alkanes) is 8. The van der Waals surface area contributed by atoms with E-state index < -0.39 is 0 Å². The molecule has 1 N–H and O–H groups in total. The third-order valence-electron chi connectivity index (χ3n) is 4.64. The Morgan fingerprint density at radius 1 is 0.920 bits per heavy atom.